The first kappa shape index (κ1) is 31.9. The molecule has 2 aromatic carbocycles. The topological polar surface area (TPSA) is 86.5 Å². The number of fused-ring (bicyclic) bond motifs is 1. The first-order valence-electron chi connectivity index (χ1n) is 16.6. The number of hydrogen-bond donors (Lipinski definition) is 0. The van der Waals surface area contributed by atoms with E-state index in [0.29, 0.717) is 22.2 Å². The zero-order chi connectivity index (χ0) is 33.6. The number of carbonyl (C=O) groups is 2. The smallest absolute Gasteiger partial charge is 0.434 e. The molecule has 0 bridgehead atoms. The fraction of sp³-hybridized carbons (Fsp3) is 0.405. The van der Waals surface area contributed by atoms with Gasteiger partial charge in [-0.2, -0.15) is 18.3 Å². The van der Waals surface area contributed by atoms with E-state index in [0.717, 1.165) is 85.8 Å². The third-order valence-corrected chi connectivity index (χ3v) is 9.63. The van der Waals surface area contributed by atoms with Crippen LogP contribution < -0.4 is 4.74 Å². The Bertz CT molecular complexity index is 1860. The molecule has 7 rings (SSSR count). The van der Waals surface area contributed by atoms with Crippen molar-refractivity contribution in [2.75, 3.05) is 19.7 Å². The molecular weight excluding hydrogens is 621 g/mol. The summed E-state index contributed by atoms with van der Waals surface area (Å²) in [5.41, 5.74) is 3.70. The van der Waals surface area contributed by atoms with Gasteiger partial charge >= 0.3 is 12.1 Å². The van der Waals surface area contributed by atoms with E-state index in [1.165, 1.54) is 18.6 Å². The van der Waals surface area contributed by atoms with Gasteiger partial charge in [0, 0.05) is 30.1 Å². The van der Waals surface area contributed by atoms with E-state index in [1.54, 1.807) is 12.1 Å². The van der Waals surface area contributed by atoms with Gasteiger partial charge in [-0.3, -0.25) is 4.79 Å². The predicted molar refractivity (Wildman–Crippen MR) is 172 cm³/mol. The summed E-state index contributed by atoms with van der Waals surface area (Å²) in [7, 11) is 0. The number of halogens is 3. The number of piperidine rings is 1. The summed E-state index contributed by atoms with van der Waals surface area (Å²) in [6.45, 7) is 5.11. The first-order chi connectivity index (χ1) is 23.1. The van der Waals surface area contributed by atoms with Crippen LogP contribution in [0.3, 0.4) is 0 Å². The van der Waals surface area contributed by atoms with Crippen molar-refractivity contribution in [2.24, 2.45) is 5.92 Å². The zero-order valence-electron chi connectivity index (χ0n) is 26.9. The van der Waals surface area contributed by atoms with Crippen molar-refractivity contribution in [3.8, 4) is 22.8 Å². The standard InChI is InChI=1S/C37H37F3N4O4/c1-3-47-36(46)28-21-41-44(34(28)37(38,39)40)32-9-5-8-29(42-32)27-7-4-6-24-12-15-31(33(24)27)48-30-14-13-26(20-22(30)2)23-16-18-43(19-17-23)35(45)25-10-11-25/h4-9,13-14,20-21,23,25,31H,3,10-12,15-19H2,1-2H3. The van der Waals surface area contributed by atoms with E-state index in [4.69, 9.17) is 9.47 Å². The SMILES string of the molecule is CCOC(=O)c1cnn(-c2cccc(-c3cccc4c3C(Oc3ccc(C5CCN(C(=O)C6CC6)CC5)cc3C)CC4)n2)c1C(F)(F)F. The van der Waals surface area contributed by atoms with Gasteiger partial charge in [0.05, 0.1) is 18.5 Å². The molecule has 2 aromatic heterocycles. The second kappa shape index (κ2) is 12.7. The Kier molecular flexibility index (Phi) is 8.47. The average molecular weight is 659 g/mol. The number of nitrogens with zero attached hydrogens (tertiary/aromatic N) is 4. The van der Waals surface area contributed by atoms with Crippen LogP contribution in [-0.4, -0.2) is 51.2 Å². The average Bonchev–Trinajstić information content (AvgIpc) is 3.69. The molecule has 2 fully saturated rings. The Morgan fingerprint density at radius 2 is 1.75 bits per heavy atom. The quantitative estimate of drug-likeness (QED) is 0.181. The molecule has 4 aromatic rings. The second-order valence-electron chi connectivity index (χ2n) is 12.8. The van der Waals surface area contributed by atoms with E-state index in [-0.39, 0.29) is 24.4 Å². The lowest BCUT2D eigenvalue weighted by atomic mass is 9.88. The molecule has 1 saturated heterocycles. The third kappa shape index (κ3) is 6.18. The number of alkyl halides is 3. The number of benzene rings is 2. The van der Waals surface area contributed by atoms with E-state index in [9.17, 15) is 22.8 Å². The van der Waals surface area contributed by atoms with Crippen molar-refractivity contribution in [2.45, 2.75) is 70.6 Å². The number of hydrogen-bond acceptors (Lipinski definition) is 6. The van der Waals surface area contributed by atoms with Crippen LogP contribution in [0.15, 0.2) is 60.8 Å². The molecule has 8 nitrogen and oxygen atoms in total. The maximum absolute atomic E-state index is 14.2. The third-order valence-electron chi connectivity index (χ3n) is 9.63. The van der Waals surface area contributed by atoms with Gasteiger partial charge in [-0.05, 0) is 93.2 Å². The van der Waals surface area contributed by atoms with Gasteiger partial charge in [-0.1, -0.05) is 36.4 Å². The van der Waals surface area contributed by atoms with Gasteiger partial charge in [0.2, 0.25) is 5.91 Å². The highest BCUT2D eigenvalue weighted by molar-refractivity contribution is 5.90. The van der Waals surface area contributed by atoms with Crippen LogP contribution in [0.4, 0.5) is 13.2 Å². The van der Waals surface area contributed by atoms with Crippen LogP contribution in [0.1, 0.15) is 89.4 Å². The highest BCUT2D eigenvalue weighted by atomic mass is 19.4. The maximum Gasteiger partial charge on any atom is 0.434 e. The Hall–Kier alpha value is -4.67. The summed E-state index contributed by atoms with van der Waals surface area (Å²) in [6, 6.07) is 17.0. The zero-order valence-corrected chi connectivity index (χ0v) is 26.9. The van der Waals surface area contributed by atoms with Gasteiger partial charge in [0.1, 0.15) is 17.4 Å². The largest absolute Gasteiger partial charge is 0.485 e. The van der Waals surface area contributed by atoms with Gasteiger partial charge in [0.15, 0.2) is 11.5 Å². The lowest BCUT2D eigenvalue weighted by molar-refractivity contribution is -0.143. The Morgan fingerprint density at radius 1 is 0.979 bits per heavy atom. The number of likely N-dealkylation sites (tertiary alicyclic amines) is 1. The van der Waals surface area contributed by atoms with Crippen LogP contribution in [0.25, 0.3) is 17.1 Å². The molecule has 1 atom stereocenters. The second-order valence-corrected chi connectivity index (χ2v) is 12.8. The summed E-state index contributed by atoms with van der Waals surface area (Å²) < 4.78 is 54.7. The number of esters is 1. The van der Waals surface area contributed by atoms with Gasteiger partial charge in [0.25, 0.3) is 0 Å². The summed E-state index contributed by atoms with van der Waals surface area (Å²) in [5.74, 6) is 0.596. The Labute approximate surface area is 276 Å². The number of rotatable bonds is 8. The summed E-state index contributed by atoms with van der Waals surface area (Å²) >= 11 is 0. The molecule has 3 aliphatic rings. The number of aromatic nitrogens is 3. The van der Waals surface area contributed by atoms with E-state index in [1.807, 2.05) is 36.1 Å². The number of carbonyl (C=O) groups excluding carboxylic acids is 2. The minimum absolute atomic E-state index is 0.0655. The maximum atomic E-state index is 14.2. The number of amides is 1. The summed E-state index contributed by atoms with van der Waals surface area (Å²) in [4.78, 5) is 31.4. The minimum Gasteiger partial charge on any atom is -0.485 e. The molecule has 1 unspecified atom stereocenters. The van der Waals surface area contributed by atoms with Crippen molar-refractivity contribution < 1.29 is 32.2 Å². The van der Waals surface area contributed by atoms with Crippen molar-refractivity contribution >= 4 is 11.9 Å². The van der Waals surface area contributed by atoms with Crippen molar-refractivity contribution in [1.29, 1.82) is 0 Å². The fourth-order valence-electron chi connectivity index (χ4n) is 7.06. The van der Waals surface area contributed by atoms with Crippen LogP contribution in [-0.2, 0) is 22.1 Å². The van der Waals surface area contributed by atoms with Gasteiger partial charge in [-0.15, -0.1) is 0 Å². The molecule has 0 radical (unpaired) electrons. The predicted octanol–water partition coefficient (Wildman–Crippen LogP) is 7.62. The Morgan fingerprint density at radius 3 is 2.46 bits per heavy atom. The molecule has 250 valence electrons. The van der Waals surface area contributed by atoms with Gasteiger partial charge in [-0.25, -0.2) is 14.5 Å². The van der Waals surface area contributed by atoms with E-state index < -0.39 is 23.4 Å². The monoisotopic (exact) mass is 658 g/mol. The molecule has 1 saturated carbocycles. The number of aryl methyl sites for hydroxylation is 2. The molecule has 0 N–H and O–H groups in total. The van der Waals surface area contributed by atoms with Crippen molar-refractivity contribution in [3.63, 3.8) is 0 Å². The van der Waals surface area contributed by atoms with Crippen LogP contribution in [0.2, 0.25) is 0 Å². The van der Waals surface area contributed by atoms with Crippen LogP contribution in [0, 0.1) is 12.8 Å². The normalized spacial score (nSPS) is 18.1. The van der Waals surface area contributed by atoms with Crippen LogP contribution in [0.5, 0.6) is 5.75 Å². The van der Waals surface area contributed by atoms with Gasteiger partial charge < -0.3 is 14.4 Å². The fourth-order valence-corrected chi connectivity index (χ4v) is 7.06. The van der Waals surface area contributed by atoms with E-state index >= 15 is 0 Å². The van der Waals surface area contributed by atoms with Crippen molar-refractivity contribution in [1.82, 2.24) is 19.7 Å². The van der Waals surface area contributed by atoms with Crippen molar-refractivity contribution in [3.05, 3.63) is 94.3 Å². The molecular formula is C37H37F3N4O4. The number of ether oxygens (including phenoxy) is 2. The molecule has 2 aliphatic carbocycles. The highest BCUT2D eigenvalue weighted by Gasteiger charge is 2.41. The first-order valence-corrected chi connectivity index (χ1v) is 16.6. The molecule has 3 heterocycles. The minimum atomic E-state index is -4.87. The summed E-state index contributed by atoms with van der Waals surface area (Å²) in [5, 5.41) is 3.90. The van der Waals surface area contributed by atoms with E-state index in [2.05, 4.69) is 22.2 Å². The summed E-state index contributed by atoms with van der Waals surface area (Å²) in [6.07, 6.45) is 1.24. The Balaban J connectivity index is 1.13. The molecule has 48 heavy (non-hydrogen) atoms. The molecule has 1 aliphatic heterocycles. The molecule has 0 spiro atoms. The highest BCUT2D eigenvalue weighted by Crippen LogP contribution is 2.43. The number of pyridine rings is 1. The lowest BCUT2D eigenvalue weighted by Gasteiger charge is -2.32. The molecule has 1 amide bonds. The van der Waals surface area contributed by atoms with Crippen LogP contribution >= 0.6 is 0 Å². The molecule has 11 heteroatoms. The lowest BCUT2D eigenvalue weighted by Crippen LogP contribution is -2.38.